The van der Waals surface area contributed by atoms with Gasteiger partial charge in [-0.25, -0.2) is 4.79 Å². The van der Waals surface area contributed by atoms with Crippen molar-refractivity contribution < 1.29 is 9.53 Å². The number of hydrogen-bond donors (Lipinski definition) is 1. The Bertz CT molecular complexity index is 175. The molecular formula is C10H22NO2P. The molecule has 0 spiro atoms. The van der Waals surface area contributed by atoms with Crippen LogP contribution in [-0.4, -0.2) is 37.7 Å². The number of rotatable bonds is 4. The molecule has 4 heteroatoms. The van der Waals surface area contributed by atoms with Gasteiger partial charge >= 0.3 is 6.09 Å². The zero-order valence-corrected chi connectivity index (χ0v) is 10.8. The fourth-order valence-corrected chi connectivity index (χ4v) is 1.69. The van der Waals surface area contributed by atoms with E-state index in [1.165, 1.54) is 6.16 Å². The van der Waals surface area contributed by atoms with Gasteiger partial charge in [0.05, 0.1) is 0 Å². The normalized spacial score (nSPS) is 11.6. The lowest BCUT2D eigenvalue weighted by Crippen LogP contribution is -2.33. The highest BCUT2D eigenvalue weighted by atomic mass is 31.1. The van der Waals surface area contributed by atoms with Crippen molar-refractivity contribution in [1.29, 1.82) is 0 Å². The molecule has 0 saturated carbocycles. The molecule has 1 N–H and O–H groups in total. The Morgan fingerprint density at radius 3 is 2.36 bits per heavy atom. The van der Waals surface area contributed by atoms with Gasteiger partial charge in [0.15, 0.2) is 0 Å². The quantitative estimate of drug-likeness (QED) is 0.583. The smallest absolute Gasteiger partial charge is 0.407 e. The molecule has 0 aliphatic carbocycles. The maximum Gasteiger partial charge on any atom is 0.407 e. The fourth-order valence-electron chi connectivity index (χ4n) is 0.900. The van der Waals surface area contributed by atoms with Crippen LogP contribution in [0, 0.1) is 0 Å². The second-order valence-corrected chi connectivity index (χ2v) is 7.19. The topological polar surface area (TPSA) is 38.3 Å². The van der Waals surface area contributed by atoms with Gasteiger partial charge in [-0.15, -0.1) is 7.92 Å². The molecule has 0 rings (SSSR count). The molecule has 1 amide bonds. The minimum atomic E-state index is -0.397. The van der Waals surface area contributed by atoms with E-state index in [-0.39, 0.29) is 14.0 Å². The summed E-state index contributed by atoms with van der Waals surface area (Å²) >= 11 is 0. The van der Waals surface area contributed by atoms with Crippen LogP contribution in [0.2, 0.25) is 0 Å². The Labute approximate surface area is 88.3 Å². The van der Waals surface area contributed by atoms with Crippen LogP contribution in [0.4, 0.5) is 4.79 Å². The van der Waals surface area contributed by atoms with Gasteiger partial charge in [-0.1, -0.05) is 0 Å². The van der Waals surface area contributed by atoms with Crippen molar-refractivity contribution in [2.75, 3.05) is 26.0 Å². The first-order valence-electron chi connectivity index (χ1n) is 4.93. The van der Waals surface area contributed by atoms with Crippen molar-refractivity contribution in [3.63, 3.8) is 0 Å². The molecule has 84 valence electrons. The molecule has 0 atom stereocenters. The molecular weight excluding hydrogens is 197 g/mol. The summed E-state index contributed by atoms with van der Waals surface area (Å²) in [6.07, 6.45) is 1.93. The van der Waals surface area contributed by atoms with Crippen molar-refractivity contribution >= 4 is 14.0 Å². The zero-order chi connectivity index (χ0) is 11.2. The maximum atomic E-state index is 11.2. The molecule has 0 aliphatic heterocycles. The van der Waals surface area contributed by atoms with Crippen molar-refractivity contribution in [3.8, 4) is 0 Å². The second kappa shape index (κ2) is 6.23. The summed E-state index contributed by atoms with van der Waals surface area (Å²) in [6.45, 7) is 10.8. The van der Waals surface area contributed by atoms with Gasteiger partial charge in [-0.05, 0) is 46.7 Å². The van der Waals surface area contributed by atoms with E-state index in [0.717, 1.165) is 13.0 Å². The number of carbonyl (C=O) groups excluding carboxylic acids is 1. The number of amides is 1. The van der Waals surface area contributed by atoms with Crippen LogP contribution < -0.4 is 5.32 Å². The average molecular weight is 219 g/mol. The Morgan fingerprint density at radius 2 is 1.93 bits per heavy atom. The van der Waals surface area contributed by atoms with E-state index in [1.807, 2.05) is 20.8 Å². The van der Waals surface area contributed by atoms with E-state index in [2.05, 4.69) is 18.6 Å². The second-order valence-electron chi connectivity index (χ2n) is 4.59. The first kappa shape index (κ1) is 13.7. The maximum absolute atomic E-state index is 11.2. The van der Waals surface area contributed by atoms with Crippen LogP contribution in [0.5, 0.6) is 0 Å². The van der Waals surface area contributed by atoms with Gasteiger partial charge in [0.25, 0.3) is 0 Å². The van der Waals surface area contributed by atoms with Gasteiger partial charge in [0, 0.05) is 6.54 Å². The van der Waals surface area contributed by atoms with Gasteiger partial charge in [0.1, 0.15) is 5.60 Å². The summed E-state index contributed by atoms with van der Waals surface area (Å²) in [5, 5.41) is 2.74. The highest BCUT2D eigenvalue weighted by Gasteiger charge is 2.15. The molecule has 0 bridgehead atoms. The third-order valence-electron chi connectivity index (χ3n) is 1.45. The van der Waals surface area contributed by atoms with Crippen molar-refractivity contribution in [2.45, 2.75) is 32.8 Å². The molecule has 0 fully saturated rings. The van der Waals surface area contributed by atoms with Gasteiger partial charge in [-0.2, -0.15) is 0 Å². The molecule has 14 heavy (non-hydrogen) atoms. The molecule has 0 aliphatic rings. The third-order valence-corrected chi connectivity index (χ3v) is 2.66. The Morgan fingerprint density at radius 1 is 1.36 bits per heavy atom. The van der Waals surface area contributed by atoms with E-state index < -0.39 is 5.60 Å². The Hall–Kier alpha value is -0.300. The fraction of sp³-hybridized carbons (Fsp3) is 0.900. The first-order valence-corrected chi connectivity index (χ1v) is 7.35. The van der Waals surface area contributed by atoms with Crippen molar-refractivity contribution in [3.05, 3.63) is 0 Å². The number of ether oxygens (including phenoxy) is 1. The molecule has 0 saturated heterocycles. The highest BCUT2D eigenvalue weighted by Crippen LogP contribution is 2.24. The van der Waals surface area contributed by atoms with Crippen molar-refractivity contribution in [2.24, 2.45) is 0 Å². The largest absolute Gasteiger partial charge is 0.444 e. The molecule has 0 unspecified atom stereocenters. The van der Waals surface area contributed by atoms with Crippen LogP contribution in [0.1, 0.15) is 27.2 Å². The predicted octanol–water partition coefficient (Wildman–Crippen LogP) is 2.64. The van der Waals surface area contributed by atoms with E-state index >= 15 is 0 Å². The minimum Gasteiger partial charge on any atom is -0.444 e. The number of alkyl carbamates (subject to hydrolysis) is 1. The molecule has 0 aromatic rings. The van der Waals surface area contributed by atoms with E-state index in [9.17, 15) is 4.79 Å². The predicted molar refractivity (Wildman–Crippen MR) is 62.5 cm³/mol. The number of carbonyl (C=O) groups is 1. The Kier molecular flexibility index (Phi) is 6.10. The monoisotopic (exact) mass is 219 g/mol. The number of hydrogen-bond acceptors (Lipinski definition) is 2. The van der Waals surface area contributed by atoms with Crippen LogP contribution in [0.15, 0.2) is 0 Å². The van der Waals surface area contributed by atoms with Gasteiger partial charge < -0.3 is 10.1 Å². The van der Waals surface area contributed by atoms with Crippen LogP contribution >= 0.6 is 7.92 Å². The highest BCUT2D eigenvalue weighted by molar-refractivity contribution is 7.55. The van der Waals surface area contributed by atoms with Gasteiger partial charge in [-0.3, -0.25) is 0 Å². The summed E-state index contributed by atoms with van der Waals surface area (Å²) in [4.78, 5) is 11.2. The van der Waals surface area contributed by atoms with Crippen molar-refractivity contribution in [1.82, 2.24) is 5.32 Å². The first-order chi connectivity index (χ1) is 6.31. The summed E-state index contributed by atoms with van der Waals surface area (Å²) in [5.74, 6) is 0. The van der Waals surface area contributed by atoms with E-state index in [4.69, 9.17) is 4.74 Å². The van der Waals surface area contributed by atoms with Crippen LogP contribution in [-0.2, 0) is 4.74 Å². The van der Waals surface area contributed by atoms with E-state index in [1.54, 1.807) is 0 Å². The lowest BCUT2D eigenvalue weighted by Gasteiger charge is -2.19. The van der Waals surface area contributed by atoms with Crippen LogP contribution in [0.25, 0.3) is 0 Å². The molecule has 0 radical (unpaired) electrons. The van der Waals surface area contributed by atoms with E-state index in [0.29, 0.717) is 0 Å². The zero-order valence-electron chi connectivity index (χ0n) is 9.89. The Balaban J connectivity index is 3.46. The summed E-state index contributed by atoms with van der Waals surface area (Å²) in [7, 11) is 0.150. The summed E-state index contributed by atoms with van der Waals surface area (Å²) < 4.78 is 5.10. The SMILES string of the molecule is CP(C)CCCNC(=O)OC(C)(C)C. The standard InChI is InChI=1S/C10H22NO2P/c1-10(2,3)13-9(12)11-7-6-8-14(4)5/h6-8H2,1-5H3,(H,11,12). The lowest BCUT2D eigenvalue weighted by atomic mass is 10.2. The molecule has 3 nitrogen and oxygen atoms in total. The molecule has 0 aromatic carbocycles. The average Bonchev–Trinajstić information content (AvgIpc) is 1.94. The van der Waals surface area contributed by atoms with Crippen LogP contribution in [0.3, 0.4) is 0 Å². The minimum absolute atomic E-state index is 0.150. The summed E-state index contributed by atoms with van der Waals surface area (Å²) in [5.41, 5.74) is -0.397. The third kappa shape index (κ3) is 9.79. The van der Waals surface area contributed by atoms with Gasteiger partial charge in [0.2, 0.25) is 0 Å². The molecule has 0 aromatic heterocycles. The number of nitrogens with one attached hydrogen (secondary N) is 1. The summed E-state index contributed by atoms with van der Waals surface area (Å²) in [6, 6.07) is 0. The lowest BCUT2D eigenvalue weighted by molar-refractivity contribution is 0.0528. The molecule has 0 heterocycles.